The van der Waals surface area contributed by atoms with Crippen molar-refractivity contribution in [2.24, 2.45) is 5.92 Å². The van der Waals surface area contributed by atoms with Crippen LogP contribution in [0.25, 0.3) is 11.1 Å². The van der Waals surface area contributed by atoms with E-state index in [1.165, 1.54) is 0 Å². The second-order valence-corrected chi connectivity index (χ2v) is 9.70. The molecule has 1 heterocycles. The first-order chi connectivity index (χ1) is 18.0. The summed E-state index contributed by atoms with van der Waals surface area (Å²) < 4.78 is 17.2. The summed E-state index contributed by atoms with van der Waals surface area (Å²) in [6.45, 7) is 3.26. The minimum absolute atomic E-state index is 0.0670. The van der Waals surface area contributed by atoms with Gasteiger partial charge in [-0.1, -0.05) is 48.6 Å². The van der Waals surface area contributed by atoms with Crippen LogP contribution in [0.2, 0.25) is 0 Å². The number of hydrogen-bond donors (Lipinski definition) is 1. The van der Waals surface area contributed by atoms with Gasteiger partial charge in [0.15, 0.2) is 5.78 Å². The van der Waals surface area contributed by atoms with Gasteiger partial charge in [-0.2, -0.15) is 0 Å². The number of allylic oxidation sites excluding steroid dienone is 2. The van der Waals surface area contributed by atoms with E-state index in [9.17, 15) is 9.59 Å². The van der Waals surface area contributed by atoms with Crippen molar-refractivity contribution in [3.8, 4) is 16.9 Å². The number of carbonyl (C=O) groups is 2. The lowest BCUT2D eigenvalue weighted by molar-refractivity contribution is -0.137. The first-order valence-electron chi connectivity index (χ1n) is 13.1. The Kier molecular flexibility index (Phi) is 9.88. The number of methoxy groups -OCH3 is 1. The maximum absolute atomic E-state index is 13.1. The van der Waals surface area contributed by atoms with Gasteiger partial charge in [-0.3, -0.25) is 14.5 Å². The van der Waals surface area contributed by atoms with Crippen LogP contribution in [0.15, 0.2) is 60.7 Å². The van der Waals surface area contributed by atoms with Crippen LogP contribution < -0.4 is 4.74 Å². The normalized spacial score (nSPS) is 22.5. The zero-order valence-electron chi connectivity index (χ0n) is 21.5. The molecule has 3 atom stereocenters. The third-order valence-electron chi connectivity index (χ3n) is 7.21. The van der Waals surface area contributed by atoms with Gasteiger partial charge >= 0.3 is 5.97 Å². The van der Waals surface area contributed by atoms with E-state index in [2.05, 4.69) is 41.3 Å². The largest absolute Gasteiger partial charge is 0.497 e. The van der Waals surface area contributed by atoms with E-state index in [4.69, 9.17) is 19.3 Å². The molecule has 1 N–H and O–H groups in total. The summed E-state index contributed by atoms with van der Waals surface area (Å²) in [5.41, 5.74) is 3.27. The first kappa shape index (κ1) is 27.0. The number of rotatable bonds is 12. The summed E-state index contributed by atoms with van der Waals surface area (Å²) in [7, 11) is 1.67. The molecule has 0 bridgehead atoms. The molecule has 3 unspecified atom stereocenters. The zero-order valence-corrected chi connectivity index (χ0v) is 21.5. The number of nitrogens with zero attached hydrogens (tertiary/aromatic N) is 1. The monoisotopic (exact) mass is 507 g/mol. The molecule has 4 rings (SSSR count). The van der Waals surface area contributed by atoms with Crippen molar-refractivity contribution in [2.45, 2.75) is 50.9 Å². The second kappa shape index (κ2) is 13.5. The van der Waals surface area contributed by atoms with Gasteiger partial charge in [0.05, 0.1) is 39.1 Å². The topological polar surface area (TPSA) is 85.3 Å². The third-order valence-corrected chi connectivity index (χ3v) is 7.21. The molecule has 37 heavy (non-hydrogen) atoms. The van der Waals surface area contributed by atoms with Crippen LogP contribution in [0.5, 0.6) is 5.75 Å². The molecule has 1 aliphatic carbocycles. The number of carboxylic acids is 1. The summed E-state index contributed by atoms with van der Waals surface area (Å²) >= 11 is 0. The van der Waals surface area contributed by atoms with Gasteiger partial charge in [0.25, 0.3) is 0 Å². The average Bonchev–Trinajstić information content (AvgIpc) is 3.24. The van der Waals surface area contributed by atoms with Crippen molar-refractivity contribution in [2.75, 3.05) is 33.4 Å². The Balaban J connectivity index is 1.39. The minimum atomic E-state index is -0.771. The molecule has 2 aromatic carbocycles. The molecule has 1 saturated carbocycles. The van der Waals surface area contributed by atoms with Gasteiger partial charge in [0.2, 0.25) is 0 Å². The predicted octanol–water partition coefficient (Wildman–Crippen LogP) is 4.74. The van der Waals surface area contributed by atoms with Gasteiger partial charge in [-0.15, -0.1) is 0 Å². The van der Waals surface area contributed by atoms with Crippen molar-refractivity contribution in [1.82, 2.24) is 4.90 Å². The minimum Gasteiger partial charge on any atom is -0.497 e. The predicted molar refractivity (Wildman–Crippen MR) is 142 cm³/mol. The SMILES string of the molecule is COc1cccc(-c2ccc(COC3CC(=O)C(N4CCOCC4)C3CC=CCCCC(=O)O)cc2)c1. The van der Waals surface area contributed by atoms with Crippen LogP contribution in [0.3, 0.4) is 0 Å². The van der Waals surface area contributed by atoms with E-state index in [0.29, 0.717) is 32.7 Å². The second-order valence-electron chi connectivity index (χ2n) is 9.70. The molecule has 2 aliphatic rings. The summed E-state index contributed by atoms with van der Waals surface area (Å²) in [4.78, 5) is 26.1. The fourth-order valence-corrected chi connectivity index (χ4v) is 5.25. The van der Waals surface area contributed by atoms with Crippen LogP contribution in [-0.4, -0.2) is 67.3 Å². The Labute approximate surface area is 219 Å². The molecule has 0 spiro atoms. The Bertz CT molecular complexity index is 1060. The Morgan fingerprint density at radius 1 is 1.11 bits per heavy atom. The van der Waals surface area contributed by atoms with E-state index in [0.717, 1.165) is 48.4 Å². The number of hydrogen-bond acceptors (Lipinski definition) is 6. The standard InChI is InChI=1S/C30H37NO6/c1-35-25-8-6-7-24(19-25)23-13-11-22(12-14-23)21-37-28-20-27(32)30(31-15-17-36-18-16-31)26(28)9-4-2-3-5-10-29(33)34/h2,4,6-8,11-14,19,26,28,30H,3,5,9-10,15-18,20-21H2,1H3,(H,33,34). The highest BCUT2D eigenvalue weighted by Crippen LogP contribution is 2.34. The molecular weight excluding hydrogens is 470 g/mol. The third kappa shape index (κ3) is 7.51. The molecule has 0 radical (unpaired) electrons. The number of carbonyl (C=O) groups excluding carboxylic acids is 1. The van der Waals surface area contributed by atoms with Crippen molar-refractivity contribution >= 4 is 11.8 Å². The quantitative estimate of drug-likeness (QED) is 0.328. The number of aliphatic carboxylic acids is 1. The number of ether oxygens (including phenoxy) is 3. The van der Waals surface area contributed by atoms with Crippen LogP contribution in [0, 0.1) is 5.92 Å². The van der Waals surface area contributed by atoms with E-state index < -0.39 is 5.97 Å². The molecule has 7 nitrogen and oxygen atoms in total. The number of benzene rings is 2. The maximum atomic E-state index is 13.1. The highest BCUT2D eigenvalue weighted by atomic mass is 16.5. The molecule has 1 saturated heterocycles. The molecule has 0 amide bonds. The van der Waals surface area contributed by atoms with E-state index >= 15 is 0 Å². The summed E-state index contributed by atoms with van der Waals surface area (Å²) in [6.07, 6.45) is 6.65. The number of carboxylic acid groups (broad SMARTS) is 1. The molecule has 2 aromatic rings. The Morgan fingerprint density at radius 2 is 1.89 bits per heavy atom. The number of morpholine rings is 1. The number of unbranched alkanes of at least 4 members (excludes halogenated alkanes) is 1. The summed E-state index contributed by atoms with van der Waals surface area (Å²) in [6, 6.07) is 16.1. The summed E-state index contributed by atoms with van der Waals surface area (Å²) in [5.74, 6) is 0.363. The van der Waals surface area contributed by atoms with Gasteiger partial charge < -0.3 is 19.3 Å². The highest BCUT2D eigenvalue weighted by Gasteiger charge is 2.45. The lowest BCUT2D eigenvalue weighted by Gasteiger charge is -2.35. The highest BCUT2D eigenvalue weighted by molar-refractivity contribution is 5.87. The smallest absolute Gasteiger partial charge is 0.303 e. The summed E-state index contributed by atoms with van der Waals surface area (Å²) in [5, 5.41) is 8.83. The molecule has 0 aromatic heterocycles. The molecule has 198 valence electrons. The first-order valence-corrected chi connectivity index (χ1v) is 13.1. The van der Waals surface area contributed by atoms with Crippen molar-refractivity contribution < 1.29 is 28.9 Å². The van der Waals surface area contributed by atoms with Crippen LogP contribution in [0.1, 0.15) is 37.7 Å². The van der Waals surface area contributed by atoms with Crippen molar-refractivity contribution in [1.29, 1.82) is 0 Å². The van der Waals surface area contributed by atoms with E-state index in [1.807, 2.05) is 24.3 Å². The molecule has 7 heteroatoms. The Morgan fingerprint density at radius 3 is 2.62 bits per heavy atom. The lowest BCUT2D eigenvalue weighted by atomic mass is 9.95. The average molecular weight is 508 g/mol. The van der Waals surface area contributed by atoms with Gasteiger partial charge in [0, 0.05) is 31.8 Å². The maximum Gasteiger partial charge on any atom is 0.303 e. The number of ketones is 1. The van der Waals surface area contributed by atoms with Crippen molar-refractivity contribution in [3.05, 3.63) is 66.2 Å². The van der Waals surface area contributed by atoms with Gasteiger partial charge in [-0.05, 0) is 48.1 Å². The van der Waals surface area contributed by atoms with Gasteiger partial charge in [0.1, 0.15) is 5.75 Å². The fraction of sp³-hybridized carbons (Fsp3) is 0.467. The molecular formula is C30H37NO6. The van der Waals surface area contributed by atoms with Crippen LogP contribution in [-0.2, 0) is 25.7 Å². The zero-order chi connectivity index (χ0) is 26.0. The fourth-order valence-electron chi connectivity index (χ4n) is 5.25. The van der Waals surface area contributed by atoms with Crippen LogP contribution >= 0.6 is 0 Å². The molecule has 2 fully saturated rings. The van der Waals surface area contributed by atoms with Gasteiger partial charge in [-0.25, -0.2) is 0 Å². The van der Waals surface area contributed by atoms with Crippen molar-refractivity contribution in [3.63, 3.8) is 0 Å². The number of Topliss-reactive ketones (excluding diaryl/α,β-unsaturated/α-hetero) is 1. The van der Waals surface area contributed by atoms with E-state index in [1.54, 1.807) is 7.11 Å². The Hall–Kier alpha value is -3.00. The molecule has 1 aliphatic heterocycles. The van der Waals surface area contributed by atoms with E-state index in [-0.39, 0.29) is 30.3 Å². The van der Waals surface area contributed by atoms with Crippen LogP contribution in [0.4, 0.5) is 0 Å². The lowest BCUT2D eigenvalue weighted by Crippen LogP contribution is -2.49.